The summed E-state index contributed by atoms with van der Waals surface area (Å²) >= 11 is 0. The molecule has 2 rings (SSSR count). The minimum Gasteiger partial charge on any atom is -0.334 e. The lowest BCUT2D eigenvalue weighted by Gasteiger charge is -2.26. The lowest BCUT2D eigenvalue weighted by Crippen LogP contribution is -2.48. The van der Waals surface area contributed by atoms with Gasteiger partial charge in [-0.15, -0.1) is 0 Å². The lowest BCUT2D eigenvalue weighted by molar-refractivity contribution is 0.417. The summed E-state index contributed by atoms with van der Waals surface area (Å²) in [5.74, 6) is 0. The van der Waals surface area contributed by atoms with E-state index in [-0.39, 0.29) is 0 Å². The molecule has 0 aromatic heterocycles. The van der Waals surface area contributed by atoms with Gasteiger partial charge in [-0.1, -0.05) is 56.1 Å². The van der Waals surface area contributed by atoms with E-state index in [4.69, 9.17) is 0 Å². The zero-order valence-electron chi connectivity index (χ0n) is 9.58. The van der Waals surface area contributed by atoms with Gasteiger partial charge >= 0.3 is 0 Å². The molecule has 1 fully saturated rings. The molecule has 1 saturated carbocycles. The van der Waals surface area contributed by atoms with E-state index in [0.29, 0.717) is 0 Å². The second-order valence-corrected chi connectivity index (χ2v) is 7.08. The van der Waals surface area contributed by atoms with Crippen LogP contribution in [0.25, 0.3) is 0 Å². The first kappa shape index (κ1) is 10.9. The Balaban J connectivity index is 1.88. The second-order valence-electron chi connectivity index (χ2n) is 4.63. The number of nitrogens with one attached hydrogen (secondary N) is 1. The smallest absolute Gasteiger partial charge is 0.138 e. The Bertz CT molecular complexity index is 280. The van der Waals surface area contributed by atoms with Crippen molar-refractivity contribution < 1.29 is 0 Å². The molecule has 2 heteroatoms. The lowest BCUT2D eigenvalue weighted by atomic mass is 9.96. The molecule has 0 saturated heterocycles. The fourth-order valence-corrected chi connectivity index (χ4v) is 4.49. The van der Waals surface area contributed by atoms with Crippen LogP contribution in [-0.2, 0) is 0 Å². The molecule has 1 N–H and O–H groups in total. The van der Waals surface area contributed by atoms with Crippen LogP contribution in [0.15, 0.2) is 30.3 Å². The van der Waals surface area contributed by atoms with Crippen molar-refractivity contribution in [3.63, 3.8) is 0 Å². The first-order valence-electron chi connectivity index (χ1n) is 6.17. The predicted molar refractivity (Wildman–Crippen MR) is 69.1 cm³/mol. The Morgan fingerprint density at radius 3 is 2.40 bits per heavy atom. The van der Waals surface area contributed by atoms with Crippen molar-refractivity contribution in [3.05, 3.63) is 30.3 Å². The molecule has 82 valence electrons. The summed E-state index contributed by atoms with van der Waals surface area (Å²) in [6, 6.07) is 11.8. The van der Waals surface area contributed by atoms with E-state index >= 15 is 0 Å². The highest BCUT2D eigenvalue weighted by molar-refractivity contribution is 6.69. The molecular formula is C13H21NSi. The zero-order chi connectivity index (χ0) is 10.5. The maximum atomic E-state index is 3.87. The average molecular weight is 219 g/mol. The van der Waals surface area contributed by atoms with Gasteiger partial charge in [-0.3, -0.25) is 0 Å². The highest BCUT2D eigenvalue weighted by Gasteiger charge is 2.16. The molecule has 1 unspecified atom stereocenters. The topological polar surface area (TPSA) is 12.0 Å². The molecule has 1 aliphatic carbocycles. The SMILES string of the molecule is C[SiH](NC1CCCCC1)c1ccccc1. The Hall–Kier alpha value is -0.603. The van der Waals surface area contributed by atoms with Crippen LogP contribution in [0.1, 0.15) is 32.1 Å². The van der Waals surface area contributed by atoms with E-state index in [9.17, 15) is 0 Å². The quantitative estimate of drug-likeness (QED) is 0.768. The summed E-state index contributed by atoms with van der Waals surface area (Å²) < 4.78 is 0. The van der Waals surface area contributed by atoms with Crippen LogP contribution in [0.2, 0.25) is 6.55 Å². The van der Waals surface area contributed by atoms with Gasteiger partial charge in [0.25, 0.3) is 0 Å². The zero-order valence-corrected chi connectivity index (χ0v) is 10.7. The average Bonchev–Trinajstić information content (AvgIpc) is 2.31. The molecule has 15 heavy (non-hydrogen) atoms. The minimum absolute atomic E-state index is 0.806. The maximum Gasteiger partial charge on any atom is 0.138 e. The summed E-state index contributed by atoms with van der Waals surface area (Å²) in [6.45, 7) is 2.41. The van der Waals surface area contributed by atoms with Gasteiger partial charge in [-0.25, -0.2) is 0 Å². The fourth-order valence-electron chi connectivity index (χ4n) is 2.46. The number of hydrogen-bond acceptors (Lipinski definition) is 1. The van der Waals surface area contributed by atoms with Crippen LogP contribution < -0.4 is 10.2 Å². The second kappa shape index (κ2) is 5.47. The summed E-state index contributed by atoms with van der Waals surface area (Å²) in [4.78, 5) is 3.87. The van der Waals surface area contributed by atoms with Crippen molar-refractivity contribution in [3.8, 4) is 0 Å². The molecule has 0 aliphatic heterocycles. The van der Waals surface area contributed by atoms with Gasteiger partial charge in [-0.2, -0.15) is 0 Å². The highest BCUT2D eigenvalue weighted by Crippen LogP contribution is 2.17. The van der Waals surface area contributed by atoms with E-state index in [1.54, 1.807) is 5.19 Å². The van der Waals surface area contributed by atoms with Crippen LogP contribution in [0.4, 0.5) is 0 Å². The Kier molecular flexibility index (Phi) is 3.98. The molecule has 0 radical (unpaired) electrons. The van der Waals surface area contributed by atoms with Gasteiger partial charge in [0.05, 0.1) is 0 Å². The highest BCUT2D eigenvalue weighted by atomic mass is 28.3. The van der Waals surface area contributed by atoms with Gasteiger partial charge in [0.1, 0.15) is 8.96 Å². The van der Waals surface area contributed by atoms with Crippen LogP contribution in [0.3, 0.4) is 0 Å². The van der Waals surface area contributed by atoms with Crippen LogP contribution >= 0.6 is 0 Å². The van der Waals surface area contributed by atoms with Crippen molar-refractivity contribution in [1.29, 1.82) is 0 Å². The monoisotopic (exact) mass is 219 g/mol. The minimum atomic E-state index is -0.884. The molecule has 0 amide bonds. The predicted octanol–water partition coefficient (Wildman–Crippen LogP) is 2.17. The number of benzene rings is 1. The first-order valence-corrected chi connectivity index (χ1v) is 8.48. The van der Waals surface area contributed by atoms with Gasteiger partial charge in [0.2, 0.25) is 0 Å². The first-order chi connectivity index (χ1) is 7.36. The summed E-state index contributed by atoms with van der Waals surface area (Å²) in [5.41, 5.74) is 0. The molecular weight excluding hydrogens is 198 g/mol. The third-order valence-corrected chi connectivity index (χ3v) is 5.75. The van der Waals surface area contributed by atoms with Crippen LogP contribution in [-0.4, -0.2) is 15.0 Å². The normalized spacial score (nSPS) is 20.1. The van der Waals surface area contributed by atoms with Crippen molar-refractivity contribution >= 4 is 14.1 Å². The van der Waals surface area contributed by atoms with E-state index in [2.05, 4.69) is 41.9 Å². The van der Waals surface area contributed by atoms with E-state index in [1.165, 1.54) is 32.1 Å². The van der Waals surface area contributed by atoms with Gasteiger partial charge in [-0.05, 0) is 18.0 Å². The number of hydrogen-bond donors (Lipinski definition) is 1. The van der Waals surface area contributed by atoms with Crippen molar-refractivity contribution in [1.82, 2.24) is 4.98 Å². The van der Waals surface area contributed by atoms with Gasteiger partial charge < -0.3 is 4.98 Å². The van der Waals surface area contributed by atoms with Crippen molar-refractivity contribution in [2.45, 2.75) is 44.7 Å². The Labute approximate surface area is 94.6 Å². The Morgan fingerprint density at radius 1 is 1.07 bits per heavy atom. The van der Waals surface area contributed by atoms with E-state index in [0.717, 1.165) is 6.04 Å². The molecule has 1 aromatic carbocycles. The standard InChI is InChI=1S/C13H21NSi/c1-15(13-10-6-3-7-11-13)14-12-8-4-2-5-9-12/h3,6-7,10-12,14-15H,2,4-5,8-9H2,1H3. The molecule has 0 heterocycles. The maximum absolute atomic E-state index is 3.87. The Morgan fingerprint density at radius 2 is 1.73 bits per heavy atom. The number of rotatable bonds is 3. The summed E-state index contributed by atoms with van der Waals surface area (Å²) in [5, 5.41) is 1.54. The molecule has 1 aromatic rings. The molecule has 1 atom stereocenters. The molecule has 1 nitrogen and oxygen atoms in total. The summed E-state index contributed by atoms with van der Waals surface area (Å²) in [6.07, 6.45) is 7.08. The third kappa shape index (κ3) is 3.18. The van der Waals surface area contributed by atoms with Crippen LogP contribution in [0, 0.1) is 0 Å². The molecule has 1 aliphatic rings. The molecule has 0 spiro atoms. The summed E-state index contributed by atoms with van der Waals surface area (Å²) in [7, 11) is -0.884. The van der Waals surface area contributed by atoms with E-state index < -0.39 is 8.96 Å². The molecule has 0 bridgehead atoms. The van der Waals surface area contributed by atoms with Gasteiger partial charge in [0.15, 0.2) is 0 Å². The van der Waals surface area contributed by atoms with Gasteiger partial charge in [0, 0.05) is 6.04 Å². The van der Waals surface area contributed by atoms with E-state index in [1.807, 2.05) is 0 Å². The fraction of sp³-hybridized carbons (Fsp3) is 0.538. The van der Waals surface area contributed by atoms with Crippen LogP contribution in [0.5, 0.6) is 0 Å². The van der Waals surface area contributed by atoms with Crippen molar-refractivity contribution in [2.75, 3.05) is 0 Å². The van der Waals surface area contributed by atoms with Crippen molar-refractivity contribution in [2.24, 2.45) is 0 Å². The third-order valence-electron chi connectivity index (χ3n) is 3.39. The largest absolute Gasteiger partial charge is 0.334 e.